The van der Waals surface area contributed by atoms with E-state index in [9.17, 15) is 4.79 Å². The van der Waals surface area contributed by atoms with Crippen molar-refractivity contribution in [2.24, 2.45) is 11.7 Å². The van der Waals surface area contributed by atoms with Crippen molar-refractivity contribution in [1.82, 2.24) is 9.78 Å². The van der Waals surface area contributed by atoms with Gasteiger partial charge in [0.15, 0.2) is 0 Å². The lowest BCUT2D eigenvalue weighted by atomic mass is 10.1. The molecule has 0 amide bonds. The van der Waals surface area contributed by atoms with E-state index in [1.165, 1.54) is 10.9 Å². The molecule has 0 aliphatic carbocycles. The Bertz CT molecular complexity index is 323. The minimum Gasteiger partial charge on any atom is -0.396 e. The van der Waals surface area contributed by atoms with Gasteiger partial charge in [-0.2, -0.15) is 5.10 Å². The lowest BCUT2D eigenvalue weighted by Crippen LogP contribution is -2.39. The van der Waals surface area contributed by atoms with E-state index in [1.54, 1.807) is 6.92 Å². The van der Waals surface area contributed by atoms with Gasteiger partial charge < -0.3 is 11.5 Å². The molecular weight excluding hydrogens is 180 g/mol. The minimum absolute atomic E-state index is 0.0910. The first kappa shape index (κ1) is 10.7. The van der Waals surface area contributed by atoms with Crippen molar-refractivity contribution in [1.29, 1.82) is 0 Å². The number of hydrogen-bond donors (Lipinski definition) is 2. The van der Waals surface area contributed by atoms with Crippen molar-refractivity contribution in [3.63, 3.8) is 0 Å². The lowest BCUT2D eigenvalue weighted by Gasteiger charge is -2.13. The first-order valence-corrected chi connectivity index (χ1v) is 4.55. The van der Waals surface area contributed by atoms with E-state index in [-0.39, 0.29) is 11.8 Å². The number of nitrogens with two attached hydrogens (primary N) is 2. The Kier molecular flexibility index (Phi) is 2.90. The molecule has 0 radical (unpaired) electrons. The second-order valence-corrected chi connectivity index (χ2v) is 3.72. The number of carbonyl (C=O) groups is 1. The van der Waals surface area contributed by atoms with Crippen LogP contribution in [0.3, 0.4) is 0 Å². The van der Waals surface area contributed by atoms with Crippen LogP contribution in [0.15, 0.2) is 6.20 Å². The summed E-state index contributed by atoms with van der Waals surface area (Å²) < 4.78 is 1.22. The molecule has 1 heterocycles. The number of nitrogens with zero attached hydrogens (tertiary/aromatic N) is 2. The molecule has 0 aliphatic rings. The van der Waals surface area contributed by atoms with E-state index < -0.39 is 6.04 Å². The third kappa shape index (κ3) is 1.93. The second kappa shape index (κ2) is 3.79. The minimum atomic E-state index is -0.534. The van der Waals surface area contributed by atoms with Gasteiger partial charge in [0.25, 0.3) is 5.91 Å². The monoisotopic (exact) mass is 196 g/mol. The zero-order chi connectivity index (χ0) is 10.9. The smallest absolute Gasteiger partial charge is 0.264 e. The Labute approximate surface area is 83.1 Å². The van der Waals surface area contributed by atoms with Gasteiger partial charge in [0.05, 0.1) is 23.6 Å². The molecule has 0 spiro atoms. The average Bonchev–Trinajstić information content (AvgIpc) is 2.44. The van der Waals surface area contributed by atoms with Gasteiger partial charge in [0.1, 0.15) is 0 Å². The van der Waals surface area contributed by atoms with Crippen molar-refractivity contribution in [2.75, 3.05) is 5.73 Å². The molecule has 0 unspecified atom stereocenters. The molecule has 0 saturated heterocycles. The molecule has 1 aromatic heterocycles. The van der Waals surface area contributed by atoms with Crippen molar-refractivity contribution in [3.05, 3.63) is 11.9 Å². The molecule has 5 heteroatoms. The van der Waals surface area contributed by atoms with E-state index >= 15 is 0 Å². The third-order valence-corrected chi connectivity index (χ3v) is 2.17. The summed E-state index contributed by atoms with van der Waals surface area (Å²) in [5.74, 6) is -0.131. The highest BCUT2D eigenvalue weighted by atomic mass is 16.2. The van der Waals surface area contributed by atoms with E-state index in [0.717, 1.165) is 0 Å². The van der Waals surface area contributed by atoms with Crippen LogP contribution in [0.5, 0.6) is 0 Å². The van der Waals surface area contributed by atoms with Crippen LogP contribution >= 0.6 is 0 Å². The van der Waals surface area contributed by atoms with Crippen LogP contribution in [0.4, 0.5) is 5.69 Å². The molecule has 78 valence electrons. The summed E-state index contributed by atoms with van der Waals surface area (Å²) in [6, 6.07) is -0.534. The number of carbonyl (C=O) groups excluding carboxylic acids is 1. The van der Waals surface area contributed by atoms with E-state index in [0.29, 0.717) is 11.4 Å². The first-order chi connectivity index (χ1) is 6.43. The van der Waals surface area contributed by atoms with Crippen LogP contribution in [-0.2, 0) is 0 Å². The molecule has 1 rings (SSSR count). The van der Waals surface area contributed by atoms with Gasteiger partial charge in [-0.15, -0.1) is 0 Å². The standard InChI is InChI=1S/C9H16N4O/c1-5(2)8(11)9(14)13-4-7(10)6(3)12-13/h4-5,8H,10-11H2,1-3H3/t8-/m0/s1. The highest BCUT2D eigenvalue weighted by molar-refractivity contribution is 5.84. The molecule has 0 fully saturated rings. The van der Waals surface area contributed by atoms with Gasteiger partial charge in [0, 0.05) is 0 Å². The Balaban J connectivity index is 2.90. The van der Waals surface area contributed by atoms with E-state index in [1.807, 2.05) is 13.8 Å². The van der Waals surface area contributed by atoms with Crippen molar-refractivity contribution < 1.29 is 4.79 Å². The Morgan fingerprint density at radius 2 is 2.14 bits per heavy atom. The van der Waals surface area contributed by atoms with Gasteiger partial charge in [0.2, 0.25) is 0 Å². The largest absolute Gasteiger partial charge is 0.396 e. The van der Waals surface area contributed by atoms with Crippen LogP contribution in [0.25, 0.3) is 0 Å². The van der Waals surface area contributed by atoms with Gasteiger partial charge in [-0.3, -0.25) is 4.79 Å². The summed E-state index contributed by atoms with van der Waals surface area (Å²) in [6.45, 7) is 5.53. The summed E-state index contributed by atoms with van der Waals surface area (Å²) in [7, 11) is 0. The summed E-state index contributed by atoms with van der Waals surface area (Å²) in [4.78, 5) is 11.7. The van der Waals surface area contributed by atoms with Crippen LogP contribution in [0.1, 0.15) is 24.3 Å². The molecular formula is C9H16N4O. The molecule has 0 saturated carbocycles. The highest BCUT2D eigenvalue weighted by Gasteiger charge is 2.20. The van der Waals surface area contributed by atoms with Crippen LogP contribution in [-0.4, -0.2) is 21.7 Å². The van der Waals surface area contributed by atoms with Gasteiger partial charge in [-0.1, -0.05) is 13.8 Å². The van der Waals surface area contributed by atoms with Crippen LogP contribution in [0, 0.1) is 12.8 Å². The number of hydrogen-bond acceptors (Lipinski definition) is 4. The molecule has 1 atom stereocenters. The molecule has 14 heavy (non-hydrogen) atoms. The van der Waals surface area contributed by atoms with Crippen molar-refractivity contribution in [2.45, 2.75) is 26.8 Å². The molecule has 0 bridgehead atoms. The van der Waals surface area contributed by atoms with Crippen LogP contribution in [0.2, 0.25) is 0 Å². The SMILES string of the molecule is Cc1nn(C(=O)[C@@H](N)C(C)C)cc1N. The maximum absolute atomic E-state index is 11.7. The summed E-state index contributed by atoms with van der Waals surface area (Å²) in [6.07, 6.45) is 1.50. The molecule has 5 nitrogen and oxygen atoms in total. The average molecular weight is 196 g/mol. The number of nitrogen functional groups attached to an aromatic ring is 1. The summed E-state index contributed by atoms with van der Waals surface area (Å²) in [5.41, 5.74) is 12.4. The molecule has 4 N–H and O–H groups in total. The topological polar surface area (TPSA) is 86.9 Å². The van der Waals surface area contributed by atoms with Crippen LogP contribution < -0.4 is 11.5 Å². The van der Waals surface area contributed by atoms with Gasteiger partial charge in [-0.05, 0) is 12.8 Å². The summed E-state index contributed by atoms with van der Waals surface area (Å²) >= 11 is 0. The number of aryl methyl sites for hydroxylation is 1. The summed E-state index contributed by atoms with van der Waals surface area (Å²) in [5, 5.41) is 3.98. The van der Waals surface area contributed by atoms with Crippen molar-refractivity contribution in [3.8, 4) is 0 Å². The van der Waals surface area contributed by atoms with Gasteiger partial charge in [-0.25, -0.2) is 4.68 Å². The molecule has 0 aliphatic heterocycles. The van der Waals surface area contributed by atoms with Gasteiger partial charge >= 0.3 is 0 Å². The Morgan fingerprint density at radius 1 is 1.57 bits per heavy atom. The normalized spacial score (nSPS) is 13.2. The zero-order valence-electron chi connectivity index (χ0n) is 8.69. The number of rotatable bonds is 2. The fourth-order valence-electron chi connectivity index (χ4n) is 1.02. The molecule has 1 aromatic rings. The van der Waals surface area contributed by atoms with E-state index in [2.05, 4.69) is 5.10 Å². The zero-order valence-corrected chi connectivity index (χ0v) is 8.69. The Morgan fingerprint density at radius 3 is 2.50 bits per heavy atom. The number of anilines is 1. The quantitative estimate of drug-likeness (QED) is 0.716. The van der Waals surface area contributed by atoms with E-state index in [4.69, 9.17) is 11.5 Å². The highest BCUT2D eigenvalue weighted by Crippen LogP contribution is 2.08. The third-order valence-electron chi connectivity index (χ3n) is 2.17. The maximum Gasteiger partial charge on any atom is 0.264 e. The maximum atomic E-state index is 11.7. The number of aromatic nitrogens is 2. The predicted octanol–water partition coefficient (Wildman–Crippen LogP) is 0.397. The molecule has 0 aromatic carbocycles. The Hall–Kier alpha value is -1.36. The fourth-order valence-corrected chi connectivity index (χ4v) is 1.02. The second-order valence-electron chi connectivity index (χ2n) is 3.72. The first-order valence-electron chi connectivity index (χ1n) is 4.55. The fraction of sp³-hybridized carbons (Fsp3) is 0.556. The van der Waals surface area contributed by atoms with Crippen molar-refractivity contribution >= 4 is 11.6 Å². The lowest BCUT2D eigenvalue weighted by molar-refractivity contribution is 0.0840. The predicted molar refractivity (Wildman–Crippen MR) is 54.8 cm³/mol.